The second-order valence-electron chi connectivity index (χ2n) is 4.49. The van der Waals surface area contributed by atoms with Crippen LogP contribution in [0.5, 0.6) is 5.75 Å². The smallest absolute Gasteiger partial charge is 0.170 e. The van der Waals surface area contributed by atoms with E-state index in [1.165, 1.54) is 0 Å². The fourth-order valence-electron chi connectivity index (χ4n) is 2.47. The van der Waals surface area contributed by atoms with Gasteiger partial charge in [-0.3, -0.25) is 4.79 Å². The standard InChI is InChI=1S/C13H14O2S/c14-11-9-13(5-7-16-8-6-13)15-12-4-2-1-3-10(11)12/h1-4H,5-9H2. The van der Waals surface area contributed by atoms with E-state index in [4.69, 9.17) is 4.74 Å². The maximum atomic E-state index is 12.1. The van der Waals surface area contributed by atoms with Crippen LogP contribution in [0.2, 0.25) is 0 Å². The lowest BCUT2D eigenvalue weighted by Crippen LogP contribution is -2.44. The van der Waals surface area contributed by atoms with Gasteiger partial charge in [0.25, 0.3) is 0 Å². The zero-order chi connectivity index (χ0) is 11.0. The van der Waals surface area contributed by atoms with Gasteiger partial charge in [-0.15, -0.1) is 0 Å². The molecule has 1 fully saturated rings. The number of benzene rings is 1. The predicted octanol–water partition coefficient (Wildman–Crippen LogP) is 2.92. The summed E-state index contributed by atoms with van der Waals surface area (Å²) in [5, 5.41) is 0. The number of fused-ring (bicyclic) bond motifs is 1. The van der Waals surface area contributed by atoms with E-state index in [1.54, 1.807) is 0 Å². The van der Waals surface area contributed by atoms with Crippen LogP contribution in [0.4, 0.5) is 0 Å². The topological polar surface area (TPSA) is 26.3 Å². The Morgan fingerprint density at radius 1 is 1.19 bits per heavy atom. The van der Waals surface area contributed by atoms with Crippen molar-refractivity contribution >= 4 is 17.5 Å². The molecule has 0 amide bonds. The van der Waals surface area contributed by atoms with Gasteiger partial charge in [0.2, 0.25) is 0 Å². The number of rotatable bonds is 0. The maximum Gasteiger partial charge on any atom is 0.170 e. The van der Waals surface area contributed by atoms with Crippen molar-refractivity contribution in [3.8, 4) is 5.75 Å². The molecule has 1 aromatic carbocycles. The molecule has 2 heterocycles. The van der Waals surface area contributed by atoms with Crippen LogP contribution in [0.1, 0.15) is 29.6 Å². The van der Waals surface area contributed by atoms with Gasteiger partial charge in [0.15, 0.2) is 5.78 Å². The molecular formula is C13H14O2S. The number of carbonyl (C=O) groups excluding carboxylic acids is 1. The fourth-order valence-corrected chi connectivity index (χ4v) is 3.70. The summed E-state index contributed by atoms with van der Waals surface area (Å²) in [5.41, 5.74) is 0.558. The molecule has 2 nitrogen and oxygen atoms in total. The first-order chi connectivity index (χ1) is 7.79. The number of ketones is 1. The molecule has 0 unspecified atom stereocenters. The van der Waals surface area contributed by atoms with Gasteiger partial charge in [-0.1, -0.05) is 12.1 Å². The number of ether oxygens (including phenoxy) is 1. The van der Waals surface area contributed by atoms with Crippen LogP contribution < -0.4 is 4.74 Å². The molecule has 1 saturated heterocycles. The van der Waals surface area contributed by atoms with E-state index in [1.807, 2.05) is 36.0 Å². The van der Waals surface area contributed by atoms with Gasteiger partial charge in [0, 0.05) is 0 Å². The van der Waals surface area contributed by atoms with E-state index < -0.39 is 0 Å². The summed E-state index contributed by atoms with van der Waals surface area (Å²) < 4.78 is 6.10. The molecule has 0 aromatic heterocycles. The van der Waals surface area contributed by atoms with Gasteiger partial charge in [-0.2, -0.15) is 11.8 Å². The summed E-state index contributed by atoms with van der Waals surface area (Å²) in [6.07, 6.45) is 2.56. The number of hydrogen-bond donors (Lipinski definition) is 0. The van der Waals surface area contributed by atoms with E-state index >= 15 is 0 Å². The molecule has 2 aliphatic rings. The van der Waals surface area contributed by atoms with Gasteiger partial charge in [-0.25, -0.2) is 0 Å². The van der Waals surface area contributed by atoms with E-state index in [0.29, 0.717) is 6.42 Å². The van der Waals surface area contributed by atoms with Gasteiger partial charge < -0.3 is 4.74 Å². The summed E-state index contributed by atoms with van der Waals surface area (Å²) in [5.74, 6) is 3.24. The van der Waals surface area contributed by atoms with Crippen molar-refractivity contribution in [1.29, 1.82) is 0 Å². The number of para-hydroxylation sites is 1. The minimum Gasteiger partial charge on any atom is -0.486 e. The highest BCUT2D eigenvalue weighted by atomic mass is 32.2. The molecule has 0 atom stereocenters. The summed E-state index contributed by atoms with van der Waals surface area (Å²) in [7, 11) is 0. The number of thioether (sulfide) groups is 1. The zero-order valence-corrected chi connectivity index (χ0v) is 9.89. The van der Waals surface area contributed by atoms with Crippen LogP contribution in [-0.2, 0) is 0 Å². The molecule has 3 rings (SSSR count). The zero-order valence-electron chi connectivity index (χ0n) is 9.07. The molecule has 1 aromatic rings. The molecule has 0 bridgehead atoms. The van der Waals surface area contributed by atoms with Gasteiger partial charge >= 0.3 is 0 Å². The lowest BCUT2D eigenvalue weighted by molar-refractivity contribution is 0.0348. The van der Waals surface area contributed by atoms with Crippen molar-refractivity contribution in [2.24, 2.45) is 0 Å². The average molecular weight is 234 g/mol. The van der Waals surface area contributed by atoms with Gasteiger partial charge in [0.05, 0.1) is 12.0 Å². The summed E-state index contributed by atoms with van der Waals surface area (Å²) in [6.45, 7) is 0. The Morgan fingerprint density at radius 3 is 2.75 bits per heavy atom. The molecular weight excluding hydrogens is 220 g/mol. The second-order valence-corrected chi connectivity index (χ2v) is 5.72. The highest BCUT2D eigenvalue weighted by Gasteiger charge is 2.41. The van der Waals surface area contributed by atoms with E-state index in [2.05, 4.69) is 0 Å². The molecule has 0 radical (unpaired) electrons. The van der Waals surface area contributed by atoms with Crippen LogP contribution >= 0.6 is 11.8 Å². The lowest BCUT2D eigenvalue weighted by atomic mass is 9.85. The largest absolute Gasteiger partial charge is 0.486 e. The van der Waals surface area contributed by atoms with Crippen molar-refractivity contribution in [2.45, 2.75) is 24.9 Å². The highest BCUT2D eigenvalue weighted by molar-refractivity contribution is 7.99. The molecule has 0 saturated carbocycles. The highest BCUT2D eigenvalue weighted by Crippen LogP contribution is 2.40. The second kappa shape index (κ2) is 3.81. The Labute approximate surface area is 99.4 Å². The normalized spacial score (nSPS) is 22.6. The van der Waals surface area contributed by atoms with E-state index in [9.17, 15) is 4.79 Å². The number of carbonyl (C=O) groups is 1. The van der Waals surface area contributed by atoms with Crippen LogP contribution in [-0.4, -0.2) is 22.9 Å². The molecule has 16 heavy (non-hydrogen) atoms. The third-order valence-electron chi connectivity index (χ3n) is 3.40. The minimum absolute atomic E-state index is 0.198. The molecule has 2 aliphatic heterocycles. The Kier molecular flexibility index (Phi) is 2.43. The number of hydrogen-bond acceptors (Lipinski definition) is 3. The average Bonchev–Trinajstić information content (AvgIpc) is 2.30. The maximum absolute atomic E-state index is 12.1. The SMILES string of the molecule is O=C1CC2(CCSCC2)Oc2ccccc21. The van der Waals surface area contributed by atoms with Crippen LogP contribution in [0, 0.1) is 0 Å². The monoisotopic (exact) mass is 234 g/mol. The number of Topliss-reactive ketones (excluding diaryl/α,β-unsaturated/α-hetero) is 1. The van der Waals surface area contributed by atoms with Crippen LogP contribution in [0.25, 0.3) is 0 Å². The quantitative estimate of drug-likeness (QED) is 0.690. The molecule has 0 N–H and O–H groups in total. The summed E-state index contributed by atoms with van der Waals surface area (Å²) >= 11 is 1.95. The summed E-state index contributed by atoms with van der Waals surface area (Å²) in [4.78, 5) is 12.1. The molecule has 84 valence electrons. The molecule has 0 aliphatic carbocycles. The van der Waals surface area contributed by atoms with Crippen LogP contribution in [0.15, 0.2) is 24.3 Å². The first kappa shape index (κ1) is 10.2. The molecule has 3 heteroatoms. The Balaban J connectivity index is 1.96. The van der Waals surface area contributed by atoms with Crippen molar-refractivity contribution in [3.05, 3.63) is 29.8 Å². The first-order valence-corrected chi connectivity index (χ1v) is 6.84. The Hall–Kier alpha value is -0.960. The lowest BCUT2D eigenvalue weighted by Gasteiger charge is -2.40. The first-order valence-electron chi connectivity index (χ1n) is 5.68. The third kappa shape index (κ3) is 1.63. The van der Waals surface area contributed by atoms with Crippen molar-refractivity contribution in [2.75, 3.05) is 11.5 Å². The fraction of sp³-hybridized carbons (Fsp3) is 0.462. The van der Waals surface area contributed by atoms with Crippen molar-refractivity contribution in [3.63, 3.8) is 0 Å². The van der Waals surface area contributed by atoms with Crippen LogP contribution in [0.3, 0.4) is 0 Å². The summed E-state index contributed by atoms with van der Waals surface area (Å²) in [6, 6.07) is 7.61. The Bertz CT molecular complexity index is 422. The van der Waals surface area contributed by atoms with E-state index in [-0.39, 0.29) is 11.4 Å². The third-order valence-corrected chi connectivity index (χ3v) is 4.39. The Morgan fingerprint density at radius 2 is 1.94 bits per heavy atom. The predicted molar refractivity (Wildman–Crippen MR) is 65.3 cm³/mol. The van der Waals surface area contributed by atoms with E-state index in [0.717, 1.165) is 35.7 Å². The van der Waals surface area contributed by atoms with Gasteiger partial charge in [-0.05, 0) is 36.5 Å². The van der Waals surface area contributed by atoms with Crippen molar-refractivity contribution in [1.82, 2.24) is 0 Å². The van der Waals surface area contributed by atoms with Gasteiger partial charge in [0.1, 0.15) is 11.4 Å². The minimum atomic E-state index is -0.198. The van der Waals surface area contributed by atoms with Crippen molar-refractivity contribution < 1.29 is 9.53 Å². The molecule has 1 spiro atoms.